The van der Waals surface area contributed by atoms with Crippen LogP contribution in [0, 0.1) is 11.8 Å². The minimum absolute atomic E-state index is 0.566. The zero-order valence-electron chi connectivity index (χ0n) is 11.7. The molecule has 100 valence electrons. The van der Waals surface area contributed by atoms with Gasteiger partial charge in [0.25, 0.3) is 0 Å². The third kappa shape index (κ3) is 3.17. The standard InChI is InChI=1S/C17H25Br/c1-3-13(4-2)12-15-10-7-9-14-8-5-6-11-16(14)17(15)18/h5-6,8,11,13,15,17H,3-4,7,9-10,12H2,1-2H3. The van der Waals surface area contributed by atoms with Crippen molar-refractivity contribution < 1.29 is 0 Å². The largest absolute Gasteiger partial charge is 0.0836 e. The van der Waals surface area contributed by atoms with Crippen LogP contribution >= 0.6 is 15.9 Å². The molecule has 0 radical (unpaired) electrons. The number of alkyl halides is 1. The first-order valence-corrected chi connectivity index (χ1v) is 8.39. The van der Waals surface area contributed by atoms with E-state index in [1.807, 2.05) is 0 Å². The van der Waals surface area contributed by atoms with Gasteiger partial charge in [-0.05, 0) is 48.6 Å². The Hall–Kier alpha value is -0.300. The molecule has 1 aliphatic rings. The number of benzene rings is 1. The maximum absolute atomic E-state index is 3.99. The van der Waals surface area contributed by atoms with E-state index in [0.29, 0.717) is 4.83 Å². The Labute approximate surface area is 120 Å². The van der Waals surface area contributed by atoms with Crippen LogP contribution in [0.2, 0.25) is 0 Å². The van der Waals surface area contributed by atoms with Crippen LogP contribution in [0.5, 0.6) is 0 Å². The van der Waals surface area contributed by atoms with Crippen molar-refractivity contribution in [1.29, 1.82) is 0 Å². The molecule has 18 heavy (non-hydrogen) atoms. The second-order valence-corrected chi connectivity index (χ2v) is 6.66. The van der Waals surface area contributed by atoms with Crippen LogP contribution in [0.4, 0.5) is 0 Å². The third-order valence-corrected chi connectivity index (χ3v) is 5.82. The van der Waals surface area contributed by atoms with Gasteiger partial charge in [-0.2, -0.15) is 0 Å². The first kappa shape index (κ1) is 14.1. The number of aryl methyl sites for hydroxylation is 1. The van der Waals surface area contributed by atoms with Crippen molar-refractivity contribution in [2.24, 2.45) is 11.8 Å². The smallest absolute Gasteiger partial charge is 0.0426 e. The average molecular weight is 309 g/mol. The number of halogens is 1. The van der Waals surface area contributed by atoms with Gasteiger partial charge in [-0.3, -0.25) is 0 Å². The Morgan fingerprint density at radius 2 is 1.94 bits per heavy atom. The summed E-state index contributed by atoms with van der Waals surface area (Å²) in [5.41, 5.74) is 3.11. The fraction of sp³-hybridized carbons (Fsp3) is 0.647. The summed E-state index contributed by atoms with van der Waals surface area (Å²) >= 11 is 3.99. The molecule has 0 aromatic heterocycles. The molecule has 2 unspecified atom stereocenters. The second kappa shape index (κ2) is 6.75. The Balaban J connectivity index is 2.14. The van der Waals surface area contributed by atoms with Crippen molar-refractivity contribution in [3.63, 3.8) is 0 Å². The monoisotopic (exact) mass is 308 g/mol. The predicted octanol–water partition coefficient (Wildman–Crippen LogP) is 5.90. The fourth-order valence-corrected chi connectivity index (χ4v) is 4.20. The lowest BCUT2D eigenvalue weighted by Crippen LogP contribution is -2.12. The second-order valence-electron chi connectivity index (χ2n) is 5.67. The van der Waals surface area contributed by atoms with E-state index in [4.69, 9.17) is 0 Å². The summed E-state index contributed by atoms with van der Waals surface area (Å²) in [5, 5.41) is 0. The first-order valence-electron chi connectivity index (χ1n) is 7.48. The van der Waals surface area contributed by atoms with Crippen LogP contribution in [0.3, 0.4) is 0 Å². The summed E-state index contributed by atoms with van der Waals surface area (Å²) in [6, 6.07) is 9.00. The topological polar surface area (TPSA) is 0 Å². The van der Waals surface area contributed by atoms with Crippen LogP contribution in [0.1, 0.15) is 61.9 Å². The fourth-order valence-electron chi connectivity index (χ4n) is 3.27. The molecule has 0 saturated heterocycles. The SMILES string of the molecule is CCC(CC)CC1CCCc2ccccc2C1Br. The molecular weight excluding hydrogens is 284 g/mol. The highest BCUT2D eigenvalue weighted by Crippen LogP contribution is 2.42. The van der Waals surface area contributed by atoms with E-state index in [-0.39, 0.29) is 0 Å². The number of hydrogen-bond donors (Lipinski definition) is 0. The molecule has 0 N–H and O–H groups in total. The maximum atomic E-state index is 3.99. The lowest BCUT2D eigenvalue weighted by molar-refractivity contribution is 0.333. The molecule has 2 atom stereocenters. The Kier molecular flexibility index (Phi) is 5.29. The molecule has 1 heteroatoms. The van der Waals surface area contributed by atoms with Gasteiger partial charge in [-0.25, -0.2) is 0 Å². The van der Waals surface area contributed by atoms with Crippen LogP contribution in [-0.4, -0.2) is 0 Å². The molecule has 0 aliphatic heterocycles. The molecule has 0 saturated carbocycles. The highest BCUT2D eigenvalue weighted by atomic mass is 79.9. The molecule has 2 rings (SSSR count). The van der Waals surface area contributed by atoms with E-state index in [9.17, 15) is 0 Å². The number of rotatable bonds is 4. The zero-order chi connectivity index (χ0) is 13.0. The van der Waals surface area contributed by atoms with E-state index >= 15 is 0 Å². The summed E-state index contributed by atoms with van der Waals surface area (Å²) in [6.45, 7) is 4.67. The van der Waals surface area contributed by atoms with Crippen molar-refractivity contribution in [2.45, 2.75) is 57.2 Å². The molecule has 0 heterocycles. The molecule has 1 aliphatic carbocycles. The highest BCUT2D eigenvalue weighted by molar-refractivity contribution is 9.09. The minimum Gasteiger partial charge on any atom is -0.0836 e. The molecule has 0 bridgehead atoms. The average Bonchev–Trinajstić information content (AvgIpc) is 2.56. The van der Waals surface area contributed by atoms with Crippen molar-refractivity contribution >= 4 is 15.9 Å². The highest BCUT2D eigenvalue weighted by Gasteiger charge is 2.26. The van der Waals surface area contributed by atoms with Gasteiger partial charge in [0, 0.05) is 4.83 Å². The molecule has 1 aromatic rings. The molecule has 1 aromatic carbocycles. The van der Waals surface area contributed by atoms with Gasteiger partial charge >= 0.3 is 0 Å². The molecule has 0 fully saturated rings. The zero-order valence-corrected chi connectivity index (χ0v) is 13.2. The van der Waals surface area contributed by atoms with Crippen LogP contribution < -0.4 is 0 Å². The maximum Gasteiger partial charge on any atom is 0.0426 e. The van der Waals surface area contributed by atoms with Crippen molar-refractivity contribution in [1.82, 2.24) is 0 Å². The van der Waals surface area contributed by atoms with Gasteiger partial charge in [0.2, 0.25) is 0 Å². The molecule has 0 amide bonds. The predicted molar refractivity (Wildman–Crippen MR) is 83.2 cm³/mol. The van der Waals surface area contributed by atoms with Gasteiger partial charge in [0.15, 0.2) is 0 Å². The van der Waals surface area contributed by atoms with Gasteiger partial charge in [-0.1, -0.05) is 66.9 Å². The van der Waals surface area contributed by atoms with Crippen molar-refractivity contribution in [3.8, 4) is 0 Å². The van der Waals surface area contributed by atoms with E-state index < -0.39 is 0 Å². The van der Waals surface area contributed by atoms with Crippen LogP contribution in [0.15, 0.2) is 24.3 Å². The van der Waals surface area contributed by atoms with E-state index in [1.165, 1.54) is 38.5 Å². The Morgan fingerprint density at radius 3 is 2.67 bits per heavy atom. The normalized spacial score (nSPS) is 23.8. The summed E-state index contributed by atoms with van der Waals surface area (Å²) < 4.78 is 0. The Bertz CT molecular complexity index is 368. The van der Waals surface area contributed by atoms with Crippen LogP contribution in [0.25, 0.3) is 0 Å². The van der Waals surface area contributed by atoms with E-state index in [0.717, 1.165) is 11.8 Å². The lowest BCUT2D eigenvalue weighted by Gasteiger charge is -2.25. The third-order valence-electron chi connectivity index (χ3n) is 4.58. The molecule has 0 spiro atoms. The van der Waals surface area contributed by atoms with Gasteiger partial charge in [0.05, 0.1) is 0 Å². The van der Waals surface area contributed by atoms with E-state index in [2.05, 4.69) is 54.0 Å². The van der Waals surface area contributed by atoms with Crippen molar-refractivity contribution in [3.05, 3.63) is 35.4 Å². The summed E-state index contributed by atoms with van der Waals surface area (Å²) in [7, 11) is 0. The lowest BCUT2D eigenvalue weighted by atomic mass is 9.85. The van der Waals surface area contributed by atoms with Gasteiger partial charge in [-0.15, -0.1) is 0 Å². The summed E-state index contributed by atoms with van der Waals surface area (Å²) in [4.78, 5) is 0.566. The quantitative estimate of drug-likeness (QED) is 0.480. The number of fused-ring (bicyclic) bond motifs is 1. The molecule has 0 nitrogen and oxygen atoms in total. The first-order chi connectivity index (χ1) is 8.76. The van der Waals surface area contributed by atoms with Gasteiger partial charge < -0.3 is 0 Å². The summed E-state index contributed by atoms with van der Waals surface area (Å²) in [5.74, 6) is 1.72. The van der Waals surface area contributed by atoms with Crippen molar-refractivity contribution in [2.75, 3.05) is 0 Å². The Morgan fingerprint density at radius 1 is 1.22 bits per heavy atom. The molecular formula is C17H25Br. The van der Waals surface area contributed by atoms with Crippen LogP contribution in [-0.2, 0) is 6.42 Å². The van der Waals surface area contributed by atoms with E-state index in [1.54, 1.807) is 11.1 Å². The van der Waals surface area contributed by atoms with Gasteiger partial charge in [0.1, 0.15) is 0 Å². The summed E-state index contributed by atoms with van der Waals surface area (Å²) in [6.07, 6.45) is 8.03. The number of hydrogen-bond acceptors (Lipinski definition) is 0. The minimum atomic E-state index is 0.566.